The summed E-state index contributed by atoms with van der Waals surface area (Å²) in [6, 6.07) is 5.06. The molecule has 6 nitrogen and oxygen atoms in total. The van der Waals surface area contributed by atoms with E-state index in [2.05, 4.69) is 15.3 Å². The van der Waals surface area contributed by atoms with Crippen molar-refractivity contribution in [3.8, 4) is 5.88 Å². The number of aromatic nitrogens is 4. The molecule has 0 amide bonds. The van der Waals surface area contributed by atoms with E-state index < -0.39 is 6.10 Å². The number of methoxy groups -OCH3 is 1. The van der Waals surface area contributed by atoms with E-state index in [0.29, 0.717) is 17.3 Å². The van der Waals surface area contributed by atoms with Crippen molar-refractivity contribution in [2.75, 3.05) is 7.11 Å². The van der Waals surface area contributed by atoms with Gasteiger partial charge in [-0.3, -0.25) is 4.68 Å². The van der Waals surface area contributed by atoms with Gasteiger partial charge in [-0.25, -0.2) is 0 Å². The van der Waals surface area contributed by atoms with Gasteiger partial charge in [0, 0.05) is 19.3 Å². The summed E-state index contributed by atoms with van der Waals surface area (Å²) in [7, 11) is 3.27. The molecule has 16 heavy (non-hydrogen) atoms. The maximum Gasteiger partial charge on any atom is 0.233 e. The van der Waals surface area contributed by atoms with Crippen LogP contribution in [0, 0.1) is 0 Å². The fourth-order valence-corrected chi connectivity index (χ4v) is 1.39. The Kier molecular flexibility index (Phi) is 2.82. The van der Waals surface area contributed by atoms with Gasteiger partial charge in [0.1, 0.15) is 6.10 Å². The molecule has 0 fully saturated rings. The molecule has 84 valence electrons. The maximum absolute atomic E-state index is 10.0. The molecule has 2 heterocycles. The Labute approximate surface area is 92.5 Å². The Morgan fingerprint density at radius 1 is 1.31 bits per heavy atom. The van der Waals surface area contributed by atoms with Crippen LogP contribution < -0.4 is 4.74 Å². The molecule has 1 atom stereocenters. The molecule has 2 aromatic rings. The number of aryl methyl sites for hydroxylation is 1. The number of hydrogen-bond acceptors (Lipinski definition) is 5. The van der Waals surface area contributed by atoms with E-state index in [1.54, 1.807) is 36.1 Å². The molecule has 1 unspecified atom stereocenters. The lowest BCUT2D eigenvalue weighted by atomic mass is 10.2. The van der Waals surface area contributed by atoms with Crippen LogP contribution in [-0.2, 0) is 7.05 Å². The summed E-state index contributed by atoms with van der Waals surface area (Å²) in [5.41, 5.74) is 1.13. The van der Waals surface area contributed by atoms with Gasteiger partial charge in [-0.1, -0.05) is 0 Å². The molecular formula is C10H12N4O2. The van der Waals surface area contributed by atoms with Crippen molar-refractivity contribution in [2.45, 2.75) is 6.10 Å². The molecule has 0 aliphatic heterocycles. The third-order valence-electron chi connectivity index (χ3n) is 2.29. The van der Waals surface area contributed by atoms with Crippen molar-refractivity contribution in [2.24, 2.45) is 7.05 Å². The van der Waals surface area contributed by atoms with Crippen LogP contribution in [0.5, 0.6) is 5.88 Å². The zero-order valence-electron chi connectivity index (χ0n) is 9.03. The molecular weight excluding hydrogens is 208 g/mol. The highest BCUT2D eigenvalue weighted by Gasteiger charge is 2.15. The van der Waals surface area contributed by atoms with Crippen molar-refractivity contribution in [3.05, 3.63) is 35.8 Å². The quantitative estimate of drug-likeness (QED) is 0.805. The molecule has 0 aliphatic carbocycles. The number of rotatable bonds is 3. The van der Waals surface area contributed by atoms with Gasteiger partial charge in [0.2, 0.25) is 5.88 Å². The summed E-state index contributed by atoms with van der Waals surface area (Å²) in [5.74, 6) is 0.418. The average Bonchev–Trinajstić information content (AvgIpc) is 2.75. The molecule has 2 aromatic heterocycles. The van der Waals surface area contributed by atoms with Crippen LogP contribution in [0.2, 0.25) is 0 Å². The molecule has 0 saturated heterocycles. The number of nitrogens with zero attached hydrogens (tertiary/aromatic N) is 4. The lowest BCUT2D eigenvalue weighted by Crippen LogP contribution is -2.09. The van der Waals surface area contributed by atoms with Gasteiger partial charge in [-0.15, -0.1) is 10.2 Å². The van der Waals surface area contributed by atoms with Gasteiger partial charge >= 0.3 is 0 Å². The summed E-state index contributed by atoms with van der Waals surface area (Å²) in [4.78, 5) is 0. The van der Waals surface area contributed by atoms with Gasteiger partial charge in [0.15, 0.2) is 0 Å². The SMILES string of the molecule is COc1ccc(C(O)c2ccnn2C)nn1. The van der Waals surface area contributed by atoms with Crippen molar-refractivity contribution in [1.82, 2.24) is 20.0 Å². The second kappa shape index (κ2) is 4.28. The number of ether oxygens (including phenoxy) is 1. The topological polar surface area (TPSA) is 73.1 Å². The molecule has 2 rings (SSSR count). The van der Waals surface area contributed by atoms with Crippen LogP contribution in [0.3, 0.4) is 0 Å². The van der Waals surface area contributed by atoms with E-state index in [9.17, 15) is 5.11 Å². The van der Waals surface area contributed by atoms with Crippen molar-refractivity contribution in [3.63, 3.8) is 0 Å². The van der Waals surface area contributed by atoms with Gasteiger partial charge < -0.3 is 9.84 Å². The zero-order chi connectivity index (χ0) is 11.5. The lowest BCUT2D eigenvalue weighted by molar-refractivity contribution is 0.203. The van der Waals surface area contributed by atoms with E-state index >= 15 is 0 Å². The lowest BCUT2D eigenvalue weighted by Gasteiger charge is -2.09. The Hall–Kier alpha value is -1.95. The van der Waals surface area contributed by atoms with E-state index in [1.807, 2.05) is 0 Å². The number of aliphatic hydroxyl groups excluding tert-OH is 1. The summed E-state index contributed by atoms with van der Waals surface area (Å²) in [6.45, 7) is 0. The van der Waals surface area contributed by atoms with Crippen molar-refractivity contribution >= 4 is 0 Å². The fraction of sp³-hybridized carbons (Fsp3) is 0.300. The predicted octanol–water partition coefficient (Wildman–Crippen LogP) is 0.300. The molecule has 6 heteroatoms. The minimum atomic E-state index is -0.828. The first kappa shape index (κ1) is 10.6. The van der Waals surface area contributed by atoms with Crippen LogP contribution in [0.1, 0.15) is 17.5 Å². The van der Waals surface area contributed by atoms with Crippen LogP contribution >= 0.6 is 0 Å². The highest BCUT2D eigenvalue weighted by atomic mass is 16.5. The Bertz CT molecular complexity index is 466. The first-order valence-electron chi connectivity index (χ1n) is 4.76. The minimum Gasteiger partial charge on any atom is -0.480 e. The van der Waals surface area contributed by atoms with Gasteiger partial charge in [0.25, 0.3) is 0 Å². The molecule has 0 aliphatic rings. The Morgan fingerprint density at radius 3 is 2.62 bits per heavy atom. The predicted molar refractivity (Wildman–Crippen MR) is 55.9 cm³/mol. The molecule has 0 bridgehead atoms. The van der Waals surface area contributed by atoms with Crippen molar-refractivity contribution in [1.29, 1.82) is 0 Å². The van der Waals surface area contributed by atoms with E-state index in [4.69, 9.17) is 4.74 Å². The van der Waals surface area contributed by atoms with Crippen LogP contribution in [0.15, 0.2) is 24.4 Å². The maximum atomic E-state index is 10.0. The normalized spacial score (nSPS) is 12.4. The second-order valence-electron chi connectivity index (χ2n) is 3.28. The van der Waals surface area contributed by atoms with Crippen LogP contribution in [0.4, 0.5) is 0 Å². The average molecular weight is 220 g/mol. The Morgan fingerprint density at radius 2 is 2.12 bits per heavy atom. The largest absolute Gasteiger partial charge is 0.480 e. The fourth-order valence-electron chi connectivity index (χ4n) is 1.39. The second-order valence-corrected chi connectivity index (χ2v) is 3.28. The highest BCUT2D eigenvalue weighted by Crippen LogP contribution is 2.19. The first-order valence-corrected chi connectivity index (χ1v) is 4.76. The molecule has 0 saturated carbocycles. The third kappa shape index (κ3) is 1.87. The van der Waals surface area contributed by atoms with E-state index in [-0.39, 0.29) is 0 Å². The zero-order valence-corrected chi connectivity index (χ0v) is 9.03. The standard InChI is InChI=1S/C10H12N4O2/c1-14-8(5-6-11-14)10(15)7-3-4-9(16-2)13-12-7/h3-6,10,15H,1-2H3. The number of hydrogen-bond donors (Lipinski definition) is 1. The van der Waals surface area contributed by atoms with Crippen LogP contribution in [0.25, 0.3) is 0 Å². The number of aliphatic hydroxyl groups is 1. The van der Waals surface area contributed by atoms with Crippen LogP contribution in [-0.4, -0.2) is 32.2 Å². The van der Waals surface area contributed by atoms with E-state index in [0.717, 1.165) is 0 Å². The summed E-state index contributed by atoms with van der Waals surface area (Å²) < 4.78 is 6.48. The highest BCUT2D eigenvalue weighted by molar-refractivity contribution is 5.20. The first-order chi connectivity index (χ1) is 7.72. The summed E-state index contributed by atoms with van der Waals surface area (Å²) in [5, 5.41) is 21.7. The third-order valence-corrected chi connectivity index (χ3v) is 2.29. The monoisotopic (exact) mass is 220 g/mol. The van der Waals surface area contributed by atoms with E-state index in [1.165, 1.54) is 7.11 Å². The van der Waals surface area contributed by atoms with Gasteiger partial charge in [-0.05, 0) is 12.1 Å². The molecule has 1 N–H and O–H groups in total. The van der Waals surface area contributed by atoms with Crippen molar-refractivity contribution < 1.29 is 9.84 Å². The molecule has 0 aromatic carbocycles. The van der Waals surface area contributed by atoms with Gasteiger partial charge in [-0.2, -0.15) is 5.10 Å². The molecule has 0 radical (unpaired) electrons. The Balaban J connectivity index is 2.27. The summed E-state index contributed by atoms with van der Waals surface area (Å²) >= 11 is 0. The smallest absolute Gasteiger partial charge is 0.233 e. The van der Waals surface area contributed by atoms with Gasteiger partial charge in [0.05, 0.1) is 18.5 Å². The summed E-state index contributed by atoms with van der Waals surface area (Å²) in [6.07, 6.45) is 0.793. The molecule has 0 spiro atoms. The minimum absolute atomic E-state index is 0.418.